The molecule has 0 saturated carbocycles. The summed E-state index contributed by atoms with van der Waals surface area (Å²) in [5, 5.41) is 2.83. The Morgan fingerprint density at radius 1 is 1.20 bits per heavy atom. The van der Waals surface area contributed by atoms with Gasteiger partial charge in [0.05, 0.1) is 0 Å². The van der Waals surface area contributed by atoms with E-state index >= 15 is 0 Å². The van der Waals surface area contributed by atoms with Gasteiger partial charge in [0.1, 0.15) is 0 Å². The van der Waals surface area contributed by atoms with Crippen molar-refractivity contribution in [2.24, 2.45) is 5.73 Å². The predicted octanol–water partition coefficient (Wildman–Crippen LogP) is 2.42. The Morgan fingerprint density at radius 2 is 1.95 bits per heavy atom. The van der Waals surface area contributed by atoms with E-state index in [0.717, 1.165) is 17.5 Å². The first-order valence-corrected chi connectivity index (χ1v) is 6.40. The summed E-state index contributed by atoms with van der Waals surface area (Å²) in [6.07, 6.45) is 6.14. The quantitative estimate of drug-likeness (QED) is 0.833. The van der Waals surface area contributed by atoms with Crippen molar-refractivity contribution in [1.82, 2.24) is 0 Å². The van der Waals surface area contributed by atoms with Crippen LogP contribution in [0.25, 0.3) is 0 Å². The summed E-state index contributed by atoms with van der Waals surface area (Å²) in [7, 11) is 0. The predicted molar refractivity (Wildman–Crippen MR) is 81.5 cm³/mol. The molecule has 0 spiro atoms. The average Bonchev–Trinajstić information content (AvgIpc) is 2.48. The molecule has 0 heterocycles. The summed E-state index contributed by atoms with van der Waals surface area (Å²) in [6.45, 7) is 0.602. The van der Waals surface area contributed by atoms with E-state index in [1.165, 1.54) is 0 Å². The van der Waals surface area contributed by atoms with Gasteiger partial charge in [0.2, 0.25) is 0 Å². The van der Waals surface area contributed by atoms with Crippen molar-refractivity contribution in [3.05, 3.63) is 65.2 Å². The molecule has 0 atom stereocenters. The lowest BCUT2D eigenvalue weighted by Gasteiger charge is -2.06. The first kappa shape index (κ1) is 13.9. The first-order chi connectivity index (χ1) is 9.72. The number of hydrogen-bond donors (Lipinski definition) is 2. The average molecular weight is 264 g/mol. The van der Waals surface area contributed by atoms with Gasteiger partial charge >= 0.3 is 0 Å². The van der Waals surface area contributed by atoms with Crippen LogP contribution < -0.4 is 11.1 Å². The zero-order chi connectivity index (χ0) is 14.4. The Morgan fingerprint density at radius 3 is 2.60 bits per heavy atom. The van der Waals surface area contributed by atoms with Gasteiger partial charge in [-0.2, -0.15) is 0 Å². The van der Waals surface area contributed by atoms with Crippen molar-refractivity contribution in [3.63, 3.8) is 0 Å². The van der Waals surface area contributed by atoms with Gasteiger partial charge in [-0.1, -0.05) is 24.1 Å². The SMILES string of the molecule is C#Cc1cccc(NC(=O)c2ccc(CCN)cc2)c1. The topological polar surface area (TPSA) is 55.1 Å². The maximum absolute atomic E-state index is 12.1. The molecule has 0 bridgehead atoms. The Balaban J connectivity index is 2.09. The molecule has 1 amide bonds. The second-order valence-electron chi connectivity index (χ2n) is 4.41. The molecule has 3 nitrogen and oxygen atoms in total. The van der Waals surface area contributed by atoms with Crippen LogP contribution in [0, 0.1) is 12.3 Å². The molecule has 0 saturated heterocycles. The van der Waals surface area contributed by atoms with Crippen molar-refractivity contribution in [2.75, 3.05) is 11.9 Å². The highest BCUT2D eigenvalue weighted by Gasteiger charge is 2.06. The summed E-state index contributed by atoms with van der Waals surface area (Å²) in [4.78, 5) is 12.1. The minimum absolute atomic E-state index is 0.154. The van der Waals surface area contributed by atoms with Crippen molar-refractivity contribution in [1.29, 1.82) is 0 Å². The van der Waals surface area contributed by atoms with Gasteiger partial charge in [0, 0.05) is 16.8 Å². The fourth-order valence-corrected chi connectivity index (χ4v) is 1.88. The van der Waals surface area contributed by atoms with Crippen LogP contribution in [0.1, 0.15) is 21.5 Å². The van der Waals surface area contributed by atoms with E-state index in [4.69, 9.17) is 12.2 Å². The Bertz CT molecular complexity index is 639. The second kappa shape index (κ2) is 6.55. The number of anilines is 1. The van der Waals surface area contributed by atoms with Crippen LogP contribution >= 0.6 is 0 Å². The highest BCUT2D eigenvalue weighted by molar-refractivity contribution is 6.04. The zero-order valence-corrected chi connectivity index (χ0v) is 11.1. The van der Waals surface area contributed by atoms with Gasteiger partial charge in [-0.05, 0) is 48.9 Å². The number of terminal acetylenes is 1. The second-order valence-corrected chi connectivity index (χ2v) is 4.41. The van der Waals surface area contributed by atoms with E-state index in [9.17, 15) is 4.79 Å². The van der Waals surface area contributed by atoms with Crippen molar-refractivity contribution in [3.8, 4) is 12.3 Å². The van der Waals surface area contributed by atoms with Crippen molar-refractivity contribution < 1.29 is 4.79 Å². The van der Waals surface area contributed by atoms with Gasteiger partial charge in [0.15, 0.2) is 0 Å². The molecule has 0 aliphatic rings. The maximum Gasteiger partial charge on any atom is 0.255 e. The molecule has 2 rings (SSSR count). The van der Waals surface area contributed by atoms with Crippen LogP contribution in [0.5, 0.6) is 0 Å². The van der Waals surface area contributed by atoms with Gasteiger partial charge in [-0.25, -0.2) is 0 Å². The first-order valence-electron chi connectivity index (χ1n) is 6.40. The number of hydrogen-bond acceptors (Lipinski definition) is 2. The molecule has 3 heteroatoms. The summed E-state index contributed by atoms with van der Waals surface area (Å²) in [5.74, 6) is 2.38. The van der Waals surface area contributed by atoms with Gasteiger partial charge in [-0.15, -0.1) is 6.42 Å². The number of nitrogens with two attached hydrogens (primary N) is 1. The number of benzene rings is 2. The standard InChI is InChI=1S/C17H16N2O/c1-2-13-4-3-5-16(12-13)19-17(20)15-8-6-14(7-9-15)10-11-18/h1,3-9,12H,10-11,18H2,(H,19,20). The number of nitrogens with one attached hydrogen (secondary N) is 1. The van der Waals surface area contributed by atoms with E-state index in [0.29, 0.717) is 17.8 Å². The highest BCUT2D eigenvalue weighted by Crippen LogP contribution is 2.12. The van der Waals surface area contributed by atoms with E-state index in [1.807, 2.05) is 30.3 Å². The number of carbonyl (C=O) groups is 1. The smallest absolute Gasteiger partial charge is 0.255 e. The Kier molecular flexibility index (Phi) is 4.54. The molecule has 0 aliphatic heterocycles. The molecular formula is C17H16N2O. The third kappa shape index (κ3) is 3.47. The van der Waals surface area contributed by atoms with E-state index in [-0.39, 0.29) is 5.91 Å². The fraction of sp³-hybridized carbons (Fsp3) is 0.118. The molecule has 3 N–H and O–H groups in total. The molecule has 0 aromatic heterocycles. The molecule has 100 valence electrons. The van der Waals surface area contributed by atoms with E-state index in [2.05, 4.69) is 11.2 Å². The molecule has 0 radical (unpaired) electrons. The number of amides is 1. The summed E-state index contributed by atoms with van der Waals surface area (Å²) in [5.41, 5.74) is 8.65. The van der Waals surface area contributed by atoms with Crippen LogP contribution in [0.4, 0.5) is 5.69 Å². The minimum Gasteiger partial charge on any atom is -0.330 e. The van der Waals surface area contributed by atoms with Crippen molar-refractivity contribution in [2.45, 2.75) is 6.42 Å². The molecular weight excluding hydrogens is 248 g/mol. The highest BCUT2D eigenvalue weighted by atomic mass is 16.1. The number of rotatable bonds is 4. The molecule has 0 fully saturated rings. The molecule has 0 aliphatic carbocycles. The third-order valence-electron chi connectivity index (χ3n) is 2.94. The van der Waals surface area contributed by atoms with E-state index < -0.39 is 0 Å². The Hall–Kier alpha value is -2.57. The van der Waals surface area contributed by atoms with Crippen LogP contribution in [0.3, 0.4) is 0 Å². The van der Waals surface area contributed by atoms with Crippen LogP contribution in [-0.2, 0) is 6.42 Å². The van der Waals surface area contributed by atoms with E-state index in [1.54, 1.807) is 18.2 Å². The fourth-order valence-electron chi connectivity index (χ4n) is 1.88. The van der Waals surface area contributed by atoms with Crippen molar-refractivity contribution >= 4 is 11.6 Å². The molecule has 20 heavy (non-hydrogen) atoms. The third-order valence-corrected chi connectivity index (χ3v) is 2.94. The lowest BCUT2D eigenvalue weighted by atomic mass is 10.1. The van der Waals surface area contributed by atoms with Gasteiger partial charge in [-0.3, -0.25) is 4.79 Å². The normalized spacial score (nSPS) is 9.80. The zero-order valence-electron chi connectivity index (χ0n) is 11.1. The maximum atomic E-state index is 12.1. The van der Waals surface area contributed by atoms with Crippen LogP contribution in [0.2, 0.25) is 0 Å². The summed E-state index contributed by atoms with van der Waals surface area (Å²) in [6, 6.07) is 14.6. The molecule has 0 unspecified atom stereocenters. The lowest BCUT2D eigenvalue weighted by Crippen LogP contribution is -2.12. The molecule has 2 aromatic carbocycles. The summed E-state index contributed by atoms with van der Waals surface area (Å²) < 4.78 is 0. The van der Waals surface area contributed by atoms with Gasteiger partial charge in [0.25, 0.3) is 5.91 Å². The number of carbonyl (C=O) groups excluding carboxylic acids is 1. The monoisotopic (exact) mass is 264 g/mol. The van der Waals surface area contributed by atoms with Crippen LogP contribution in [-0.4, -0.2) is 12.5 Å². The molecule has 2 aromatic rings. The van der Waals surface area contributed by atoms with Crippen LogP contribution in [0.15, 0.2) is 48.5 Å². The minimum atomic E-state index is -0.154. The summed E-state index contributed by atoms with van der Waals surface area (Å²) >= 11 is 0. The Labute approximate surface area is 118 Å². The lowest BCUT2D eigenvalue weighted by molar-refractivity contribution is 0.102. The largest absolute Gasteiger partial charge is 0.330 e. The van der Waals surface area contributed by atoms with Gasteiger partial charge < -0.3 is 11.1 Å².